The number of ether oxygens (including phenoxy) is 2. The van der Waals surface area contributed by atoms with Gasteiger partial charge in [-0.2, -0.15) is 5.10 Å². The third-order valence-electron chi connectivity index (χ3n) is 4.29. The Morgan fingerprint density at radius 1 is 1.00 bits per heavy atom. The second-order valence-corrected chi connectivity index (χ2v) is 6.10. The molecular weight excluding hydrogens is 358 g/mol. The minimum absolute atomic E-state index is 0.352. The van der Waals surface area contributed by atoms with Crippen LogP contribution in [0, 0.1) is 0 Å². The molecule has 1 unspecified atom stereocenters. The first-order valence-electron chi connectivity index (χ1n) is 8.71. The number of carbonyl (C=O) groups is 1. The molecule has 1 N–H and O–H groups in total. The van der Waals surface area contributed by atoms with Gasteiger partial charge in [-0.25, -0.2) is 4.68 Å². The molecule has 7 nitrogen and oxygen atoms in total. The number of hydrogen-bond donors (Lipinski definition) is 1. The first-order valence-corrected chi connectivity index (χ1v) is 8.71. The average molecular weight is 379 g/mol. The minimum Gasteiger partial charge on any atom is -0.493 e. The third kappa shape index (κ3) is 4.03. The predicted octanol–water partition coefficient (Wildman–Crippen LogP) is 3.13. The fourth-order valence-electron chi connectivity index (χ4n) is 2.74. The van der Waals surface area contributed by atoms with Crippen LogP contribution in [0.2, 0.25) is 0 Å². The molecule has 0 saturated heterocycles. The van der Waals surface area contributed by atoms with Crippen LogP contribution in [-0.4, -0.2) is 29.9 Å². The Morgan fingerprint density at radius 2 is 1.71 bits per heavy atom. The van der Waals surface area contributed by atoms with E-state index in [0.717, 1.165) is 5.56 Å². The summed E-state index contributed by atoms with van der Waals surface area (Å²) < 4.78 is 11.6. The van der Waals surface area contributed by atoms with Crippen LogP contribution in [0.3, 0.4) is 0 Å². The van der Waals surface area contributed by atoms with E-state index >= 15 is 0 Å². The highest BCUT2D eigenvalue weighted by Gasteiger charge is 2.19. The van der Waals surface area contributed by atoms with Crippen LogP contribution in [0.4, 0.5) is 5.69 Å². The molecule has 1 atom stereocenters. The van der Waals surface area contributed by atoms with Gasteiger partial charge in [0, 0.05) is 23.4 Å². The summed E-state index contributed by atoms with van der Waals surface area (Å²) in [5.74, 6) is 0.684. The lowest BCUT2D eigenvalue weighted by Gasteiger charge is -2.16. The fourth-order valence-corrected chi connectivity index (χ4v) is 2.74. The van der Waals surface area contributed by atoms with Gasteiger partial charge in [-0.1, -0.05) is 30.3 Å². The zero-order chi connectivity index (χ0) is 20.1. The molecule has 0 saturated carbocycles. The summed E-state index contributed by atoms with van der Waals surface area (Å²) in [6.45, 7) is 1.62. The highest BCUT2D eigenvalue weighted by molar-refractivity contribution is 5.93. The maximum Gasteiger partial charge on any atom is 0.267 e. The number of amides is 1. The molecule has 28 heavy (non-hydrogen) atoms. The van der Waals surface area contributed by atoms with Gasteiger partial charge in [0.05, 0.1) is 19.9 Å². The van der Waals surface area contributed by atoms with Crippen molar-refractivity contribution in [3.8, 4) is 22.8 Å². The van der Waals surface area contributed by atoms with E-state index in [1.807, 2.05) is 30.3 Å². The largest absolute Gasteiger partial charge is 0.493 e. The van der Waals surface area contributed by atoms with Gasteiger partial charge in [-0.3, -0.25) is 9.59 Å². The van der Waals surface area contributed by atoms with Gasteiger partial charge in [0.2, 0.25) is 5.91 Å². The van der Waals surface area contributed by atoms with E-state index < -0.39 is 6.04 Å². The summed E-state index contributed by atoms with van der Waals surface area (Å²) in [5.41, 5.74) is 1.66. The number of aromatic nitrogens is 2. The third-order valence-corrected chi connectivity index (χ3v) is 4.29. The Kier molecular flexibility index (Phi) is 5.74. The van der Waals surface area contributed by atoms with Gasteiger partial charge in [0.15, 0.2) is 11.5 Å². The van der Waals surface area contributed by atoms with Crippen LogP contribution < -0.4 is 20.3 Å². The first-order chi connectivity index (χ1) is 13.5. The number of hydrogen-bond acceptors (Lipinski definition) is 5. The molecule has 0 bridgehead atoms. The molecular formula is C21H21N3O4. The van der Waals surface area contributed by atoms with Crippen molar-refractivity contribution in [1.29, 1.82) is 0 Å². The van der Waals surface area contributed by atoms with Crippen LogP contribution in [0.1, 0.15) is 13.0 Å². The molecule has 0 radical (unpaired) electrons. The quantitative estimate of drug-likeness (QED) is 0.712. The molecule has 0 aliphatic carbocycles. The summed E-state index contributed by atoms with van der Waals surface area (Å²) in [7, 11) is 3.06. The lowest BCUT2D eigenvalue weighted by molar-refractivity contribution is -0.119. The van der Waals surface area contributed by atoms with Crippen molar-refractivity contribution >= 4 is 11.6 Å². The number of nitrogens with zero attached hydrogens (tertiary/aromatic N) is 2. The van der Waals surface area contributed by atoms with Crippen molar-refractivity contribution in [3.05, 3.63) is 71.0 Å². The van der Waals surface area contributed by atoms with Crippen molar-refractivity contribution in [3.63, 3.8) is 0 Å². The number of nitrogens with one attached hydrogen (secondary N) is 1. The standard InChI is InChI=1S/C21H21N3O4/c1-14(21(26)22-16-9-11-18(27-2)19(13-16)28-3)24-20(25)12-10-17(23-24)15-7-5-4-6-8-15/h4-14H,1-3H3,(H,22,26). The van der Waals surface area contributed by atoms with Crippen molar-refractivity contribution in [2.24, 2.45) is 0 Å². The van der Waals surface area contributed by atoms with E-state index in [-0.39, 0.29) is 11.5 Å². The van der Waals surface area contributed by atoms with Crippen molar-refractivity contribution in [2.45, 2.75) is 13.0 Å². The van der Waals surface area contributed by atoms with Crippen LogP contribution in [0.5, 0.6) is 11.5 Å². The van der Waals surface area contributed by atoms with Crippen molar-refractivity contribution < 1.29 is 14.3 Å². The van der Waals surface area contributed by atoms with E-state index in [2.05, 4.69) is 10.4 Å². The van der Waals surface area contributed by atoms with E-state index in [1.54, 1.807) is 31.2 Å². The highest BCUT2D eigenvalue weighted by atomic mass is 16.5. The Hall–Kier alpha value is -3.61. The lowest BCUT2D eigenvalue weighted by Crippen LogP contribution is -2.33. The number of methoxy groups -OCH3 is 2. The number of carbonyl (C=O) groups excluding carboxylic acids is 1. The van der Waals surface area contributed by atoms with E-state index in [4.69, 9.17) is 9.47 Å². The Morgan fingerprint density at radius 3 is 2.39 bits per heavy atom. The second-order valence-electron chi connectivity index (χ2n) is 6.10. The molecule has 3 aromatic rings. The van der Waals surface area contributed by atoms with Gasteiger partial charge in [0.1, 0.15) is 6.04 Å². The van der Waals surface area contributed by atoms with Crippen molar-refractivity contribution in [2.75, 3.05) is 19.5 Å². The number of rotatable bonds is 6. The average Bonchev–Trinajstić information content (AvgIpc) is 2.74. The SMILES string of the molecule is COc1ccc(NC(=O)C(C)n2nc(-c3ccccc3)ccc2=O)cc1OC. The topological polar surface area (TPSA) is 82.5 Å². The summed E-state index contributed by atoms with van der Waals surface area (Å²) in [4.78, 5) is 25.0. The molecule has 0 spiro atoms. The van der Waals surface area contributed by atoms with Crippen LogP contribution >= 0.6 is 0 Å². The Balaban J connectivity index is 1.85. The van der Waals surface area contributed by atoms with Gasteiger partial charge in [-0.05, 0) is 25.1 Å². The fraction of sp³-hybridized carbons (Fsp3) is 0.190. The van der Waals surface area contributed by atoms with Crippen molar-refractivity contribution in [1.82, 2.24) is 9.78 Å². The van der Waals surface area contributed by atoms with Crippen LogP contribution in [0.25, 0.3) is 11.3 Å². The molecule has 0 aliphatic rings. The predicted molar refractivity (Wildman–Crippen MR) is 107 cm³/mol. The molecule has 1 aromatic heterocycles. The van der Waals surface area contributed by atoms with Gasteiger partial charge < -0.3 is 14.8 Å². The normalized spacial score (nSPS) is 11.5. The van der Waals surface area contributed by atoms with E-state index in [9.17, 15) is 9.59 Å². The van der Waals surface area contributed by atoms with Gasteiger partial charge >= 0.3 is 0 Å². The maximum atomic E-state index is 12.7. The summed E-state index contributed by atoms with van der Waals surface area (Å²) >= 11 is 0. The maximum absolute atomic E-state index is 12.7. The molecule has 0 fully saturated rings. The molecule has 3 rings (SSSR count). The van der Waals surface area contributed by atoms with Gasteiger partial charge in [-0.15, -0.1) is 0 Å². The van der Waals surface area contributed by atoms with Crippen LogP contribution in [-0.2, 0) is 4.79 Å². The number of anilines is 1. The zero-order valence-electron chi connectivity index (χ0n) is 15.9. The Labute approximate surface area is 162 Å². The van der Waals surface area contributed by atoms with E-state index in [1.165, 1.54) is 25.0 Å². The smallest absolute Gasteiger partial charge is 0.267 e. The molecule has 1 amide bonds. The minimum atomic E-state index is -0.802. The number of benzene rings is 2. The molecule has 2 aromatic carbocycles. The highest BCUT2D eigenvalue weighted by Crippen LogP contribution is 2.30. The molecule has 0 aliphatic heterocycles. The lowest BCUT2D eigenvalue weighted by atomic mass is 10.1. The first kappa shape index (κ1) is 19.2. The monoisotopic (exact) mass is 379 g/mol. The van der Waals surface area contributed by atoms with E-state index in [0.29, 0.717) is 22.9 Å². The summed E-state index contributed by atoms with van der Waals surface area (Å²) in [6, 6.07) is 16.8. The zero-order valence-corrected chi connectivity index (χ0v) is 15.9. The second kappa shape index (κ2) is 8.39. The molecule has 144 valence electrons. The van der Waals surface area contributed by atoms with Gasteiger partial charge in [0.25, 0.3) is 5.56 Å². The molecule has 1 heterocycles. The Bertz CT molecular complexity index is 1030. The molecule has 7 heteroatoms. The summed E-state index contributed by atoms with van der Waals surface area (Å²) in [6.07, 6.45) is 0. The van der Waals surface area contributed by atoms with Crippen LogP contribution in [0.15, 0.2) is 65.5 Å². The summed E-state index contributed by atoms with van der Waals surface area (Å²) in [5, 5.41) is 7.14.